The predicted molar refractivity (Wildman–Crippen MR) is 133 cm³/mol. The van der Waals surface area contributed by atoms with Crippen LogP contribution in [-0.2, 0) is 14.9 Å². The first-order valence-corrected chi connectivity index (χ1v) is 13.4. The van der Waals surface area contributed by atoms with Crippen molar-refractivity contribution >= 4 is 33.5 Å². The van der Waals surface area contributed by atoms with E-state index in [-0.39, 0.29) is 11.9 Å². The number of ether oxygens (including phenoxy) is 1. The fraction of sp³-hybridized carbons (Fsp3) is 0.417. The van der Waals surface area contributed by atoms with E-state index in [1.165, 1.54) is 4.31 Å². The van der Waals surface area contributed by atoms with Crippen molar-refractivity contribution in [1.29, 1.82) is 0 Å². The summed E-state index contributed by atoms with van der Waals surface area (Å²) in [4.78, 5) is 0. The van der Waals surface area contributed by atoms with Crippen LogP contribution in [0.15, 0.2) is 64.1 Å². The van der Waals surface area contributed by atoms with Gasteiger partial charge in [-0.25, -0.2) is 5.01 Å². The van der Waals surface area contributed by atoms with Crippen LogP contribution in [0.5, 0.6) is 0 Å². The number of halogens is 1. The Kier molecular flexibility index (Phi) is 6.87. The smallest absolute Gasteiger partial charge is 0.325 e. The first-order chi connectivity index (χ1) is 16.5. The van der Waals surface area contributed by atoms with E-state index in [0.717, 1.165) is 29.7 Å². The number of hydrazone groups is 1. The molecule has 5 rings (SSSR count). The van der Waals surface area contributed by atoms with Crippen LogP contribution in [0, 0.1) is 5.92 Å². The second-order valence-electron chi connectivity index (χ2n) is 8.77. The molecule has 2 heterocycles. The molecule has 10 heteroatoms. The lowest BCUT2D eigenvalue weighted by Gasteiger charge is -2.25. The van der Waals surface area contributed by atoms with Gasteiger partial charge >= 0.3 is 10.2 Å². The highest BCUT2D eigenvalue weighted by Crippen LogP contribution is 2.31. The Balaban J connectivity index is 1.50. The van der Waals surface area contributed by atoms with Gasteiger partial charge < -0.3 is 10.1 Å². The van der Waals surface area contributed by atoms with Crippen LogP contribution in [0.2, 0.25) is 5.02 Å². The van der Waals surface area contributed by atoms with Crippen molar-refractivity contribution in [2.45, 2.75) is 18.8 Å². The molecule has 1 atom stereocenters. The molecule has 0 spiro atoms. The van der Waals surface area contributed by atoms with Gasteiger partial charge in [-0.2, -0.15) is 17.8 Å². The van der Waals surface area contributed by atoms with Gasteiger partial charge in [0.05, 0.1) is 25.5 Å². The molecule has 8 nitrogen and oxygen atoms in total. The van der Waals surface area contributed by atoms with Gasteiger partial charge in [0.25, 0.3) is 0 Å². The average Bonchev–Trinajstić information content (AvgIpc) is 3.59. The Morgan fingerprint density at radius 2 is 1.79 bits per heavy atom. The Morgan fingerprint density at radius 3 is 2.47 bits per heavy atom. The quantitative estimate of drug-likeness (QED) is 0.485. The van der Waals surface area contributed by atoms with Gasteiger partial charge in [-0.1, -0.05) is 54.1 Å². The average molecular weight is 502 g/mol. The van der Waals surface area contributed by atoms with E-state index in [1.54, 1.807) is 5.01 Å². The molecule has 3 aliphatic rings. The third-order valence-corrected chi connectivity index (χ3v) is 7.92. The zero-order chi connectivity index (χ0) is 23.5. The topological polar surface area (TPSA) is 86.6 Å². The number of benzene rings is 2. The van der Waals surface area contributed by atoms with Crippen molar-refractivity contribution in [3.05, 3.63) is 70.7 Å². The molecule has 2 aliphatic heterocycles. The van der Waals surface area contributed by atoms with Crippen molar-refractivity contribution in [2.24, 2.45) is 15.4 Å². The highest BCUT2D eigenvalue weighted by Gasteiger charge is 2.34. The maximum atomic E-state index is 13.1. The minimum absolute atomic E-state index is 0.0404. The van der Waals surface area contributed by atoms with Gasteiger partial charge in [-0.05, 0) is 42.0 Å². The fourth-order valence-electron chi connectivity index (χ4n) is 4.13. The number of hydrogen-bond donors (Lipinski definition) is 1. The predicted octanol–water partition coefficient (Wildman–Crippen LogP) is 3.08. The maximum Gasteiger partial charge on any atom is 0.325 e. The number of morpholine rings is 1. The van der Waals surface area contributed by atoms with Crippen molar-refractivity contribution in [3.63, 3.8) is 0 Å². The Morgan fingerprint density at radius 1 is 1.09 bits per heavy atom. The molecule has 1 saturated heterocycles. The van der Waals surface area contributed by atoms with Crippen molar-refractivity contribution < 1.29 is 13.2 Å². The molecule has 1 saturated carbocycles. The molecule has 2 aromatic carbocycles. The zero-order valence-electron chi connectivity index (χ0n) is 18.8. The molecule has 2 fully saturated rings. The largest absolute Gasteiger partial charge is 0.379 e. The summed E-state index contributed by atoms with van der Waals surface area (Å²) >= 11 is 6.11. The zero-order valence-corrected chi connectivity index (χ0v) is 20.4. The van der Waals surface area contributed by atoms with Gasteiger partial charge in [-0.15, -0.1) is 4.40 Å². The molecular formula is C24H28ClN5O3S. The van der Waals surface area contributed by atoms with E-state index in [0.29, 0.717) is 50.3 Å². The van der Waals surface area contributed by atoms with Crippen LogP contribution in [-0.4, -0.2) is 68.8 Å². The number of nitrogens with zero attached hydrogens (tertiary/aromatic N) is 4. The van der Waals surface area contributed by atoms with Crippen LogP contribution >= 0.6 is 11.6 Å². The molecular weight excluding hydrogens is 474 g/mol. The van der Waals surface area contributed by atoms with E-state index in [4.69, 9.17) is 21.4 Å². The summed E-state index contributed by atoms with van der Waals surface area (Å²) in [7, 11) is -3.87. The van der Waals surface area contributed by atoms with Gasteiger partial charge in [-0.3, -0.25) is 0 Å². The van der Waals surface area contributed by atoms with Gasteiger partial charge in [0.15, 0.2) is 0 Å². The third kappa shape index (κ3) is 5.43. The molecule has 2 aromatic rings. The number of hydrogen-bond acceptors (Lipinski definition) is 4. The SMILES string of the molecule is O=S(=O)(N=C(NCC1CC1)N1CC(c2ccccc2)C(c2ccc(Cl)cc2)=N1)N1CCOCC1. The first-order valence-electron chi connectivity index (χ1n) is 11.6. The molecule has 0 bridgehead atoms. The molecule has 1 unspecified atom stereocenters. The van der Waals surface area contributed by atoms with Gasteiger partial charge in [0.2, 0.25) is 5.96 Å². The van der Waals surface area contributed by atoms with E-state index >= 15 is 0 Å². The summed E-state index contributed by atoms with van der Waals surface area (Å²) in [5.41, 5.74) is 2.90. The minimum Gasteiger partial charge on any atom is -0.379 e. The van der Waals surface area contributed by atoms with Crippen LogP contribution in [0.25, 0.3) is 0 Å². The summed E-state index contributed by atoms with van der Waals surface area (Å²) in [5, 5.41) is 10.5. The lowest BCUT2D eigenvalue weighted by Crippen LogP contribution is -2.43. The van der Waals surface area contributed by atoms with E-state index in [1.807, 2.05) is 42.5 Å². The molecule has 0 amide bonds. The molecule has 180 valence electrons. The van der Waals surface area contributed by atoms with E-state index in [9.17, 15) is 8.42 Å². The van der Waals surface area contributed by atoms with Crippen LogP contribution in [0.3, 0.4) is 0 Å². The molecule has 1 N–H and O–H groups in total. The molecule has 0 radical (unpaired) electrons. The Bertz CT molecular complexity index is 1160. The molecule has 1 aliphatic carbocycles. The summed E-state index contributed by atoms with van der Waals surface area (Å²) < 4.78 is 37.1. The lowest BCUT2D eigenvalue weighted by molar-refractivity contribution is 0.0730. The third-order valence-electron chi connectivity index (χ3n) is 6.24. The highest BCUT2D eigenvalue weighted by molar-refractivity contribution is 7.87. The van der Waals surface area contributed by atoms with E-state index in [2.05, 4.69) is 21.8 Å². The second-order valence-corrected chi connectivity index (χ2v) is 10.8. The summed E-state index contributed by atoms with van der Waals surface area (Å²) in [6.45, 7) is 2.50. The molecule has 0 aromatic heterocycles. The Labute approximate surface area is 205 Å². The summed E-state index contributed by atoms with van der Waals surface area (Å²) in [6.07, 6.45) is 2.28. The lowest BCUT2D eigenvalue weighted by atomic mass is 9.91. The van der Waals surface area contributed by atoms with Crippen molar-refractivity contribution in [3.8, 4) is 0 Å². The standard InChI is InChI=1S/C24H28ClN5O3S/c25-21-10-8-20(9-11-21)23-22(19-4-2-1-3-5-19)17-30(27-23)24(26-16-18-6-7-18)28-34(31,32)29-12-14-33-15-13-29/h1-5,8-11,18,22H,6-7,12-17H2,(H,26,28). The van der Waals surface area contributed by atoms with Crippen molar-refractivity contribution in [1.82, 2.24) is 14.6 Å². The second kappa shape index (κ2) is 10.0. The van der Waals surface area contributed by atoms with E-state index < -0.39 is 10.2 Å². The summed E-state index contributed by atoms with van der Waals surface area (Å²) in [5.74, 6) is 0.771. The summed E-state index contributed by atoms with van der Waals surface area (Å²) in [6, 6.07) is 17.7. The maximum absolute atomic E-state index is 13.1. The van der Waals surface area contributed by atoms with Crippen LogP contribution in [0.1, 0.15) is 29.9 Å². The number of guanidine groups is 1. The van der Waals surface area contributed by atoms with Crippen LogP contribution in [0.4, 0.5) is 0 Å². The number of rotatable bonds is 6. The first kappa shape index (κ1) is 23.3. The Hall–Kier alpha value is -2.46. The number of nitrogens with one attached hydrogen (secondary N) is 1. The normalized spacial score (nSPS) is 22.0. The minimum atomic E-state index is -3.87. The van der Waals surface area contributed by atoms with Gasteiger partial charge in [0, 0.05) is 30.6 Å². The van der Waals surface area contributed by atoms with Crippen LogP contribution < -0.4 is 5.32 Å². The van der Waals surface area contributed by atoms with Crippen molar-refractivity contribution in [2.75, 3.05) is 39.4 Å². The highest BCUT2D eigenvalue weighted by atomic mass is 35.5. The van der Waals surface area contributed by atoms with Gasteiger partial charge in [0.1, 0.15) is 0 Å². The monoisotopic (exact) mass is 501 g/mol. The molecule has 34 heavy (non-hydrogen) atoms. The fourth-order valence-corrected chi connectivity index (χ4v) is 5.36.